The summed E-state index contributed by atoms with van der Waals surface area (Å²) in [4.78, 5) is 1.67. The minimum absolute atomic E-state index is 0.0131. The highest BCUT2D eigenvalue weighted by Gasteiger charge is 2.19. The van der Waals surface area contributed by atoms with Crippen LogP contribution in [0.25, 0.3) is 11.3 Å². The molecular formula is C12H12BrN3O. The second kappa shape index (κ2) is 4.58. The van der Waals surface area contributed by atoms with Gasteiger partial charge in [0.05, 0.1) is 6.20 Å². The molecule has 0 aliphatic carbocycles. The maximum atomic E-state index is 5.54. The van der Waals surface area contributed by atoms with Crippen molar-refractivity contribution in [1.82, 2.24) is 15.0 Å². The van der Waals surface area contributed by atoms with Crippen LogP contribution < -0.4 is 0 Å². The molecule has 3 rings (SSSR count). The number of hydrogen-bond donors (Lipinski definition) is 0. The van der Waals surface area contributed by atoms with Crippen LogP contribution in [0.4, 0.5) is 0 Å². The summed E-state index contributed by atoms with van der Waals surface area (Å²) in [5.41, 5.74) is 1.95. The van der Waals surface area contributed by atoms with Crippen LogP contribution in [0.5, 0.6) is 0 Å². The van der Waals surface area contributed by atoms with Gasteiger partial charge >= 0.3 is 0 Å². The molecule has 0 N–H and O–H groups in total. The fourth-order valence-corrected chi connectivity index (χ4v) is 2.17. The molecule has 0 saturated carbocycles. The largest absolute Gasteiger partial charge is 0.355 e. The van der Waals surface area contributed by atoms with Crippen molar-refractivity contribution in [3.05, 3.63) is 34.9 Å². The van der Waals surface area contributed by atoms with E-state index in [0.717, 1.165) is 35.2 Å². The zero-order valence-corrected chi connectivity index (χ0v) is 10.8. The second-order valence-corrected chi connectivity index (χ2v) is 4.94. The van der Waals surface area contributed by atoms with Crippen molar-refractivity contribution in [2.75, 3.05) is 6.61 Å². The Bertz CT molecular complexity index is 503. The molecule has 0 spiro atoms. The first-order valence-corrected chi connectivity index (χ1v) is 6.41. The first kappa shape index (κ1) is 10.9. The Morgan fingerprint density at radius 1 is 1.29 bits per heavy atom. The molecule has 1 atom stereocenters. The molecule has 1 aliphatic heterocycles. The monoisotopic (exact) mass is 293 g/mol. The predicted molar refractivity (Wildman–Crippen MR) is 67.4 cm³/mol. The van der Waals surface area contributed by atoms with Crippen LogP contribution in [0.3, 0.4) is 0 Å². The summed E-state index contributed by atoms with van der Waals surface area (Å²) in [6.07, 6.45) is 3.87. The molecule has 17 heavy (non-hydrogen) atoms. The van der Waals surface area contributed by atoms with Gasteiger partial charge in [0.25, 0.3) is 0 Å². The van der Waals surface area contributed by atoms with E-state index in [1.54, 1.807) is 11.0 Å². The third-order valence-electron chi connectivity index (χ3n) is 2.81. The molecule has 1 saturated heterocycles. The molecular weight excluding hydrogens is 282 g/mol. The quantitative estimate of drug-likeness (QED) is 0.854. The van der Waals surface area contributed by atoms with E-state index in [1.165, 1.54) is 0 Å². The highest BCUT2D eigenvalue weighted by atomic mass is 79.9. The summed E-state index contributed by atoms with van der Waals surface area (Å²) >= 11 is 3.42. The van der Waals surface area contributed by atoms with Crippen LogP contribution in [0, 0.1) is 0 Å². The van der Waals surface area contributed by atoms with E-state index in [4.69, 9.17) is 4.74 Å². The fraction of sp³-hybridized carbons (Fsp3) is 0.333. The van der Waals surface area contributed by atoms with Gasteiger partial charge < -0.3 is 4.74 Å². The normalized spacial score (nSPS) is 19.7. The molecule has 0 radical (unpaired) electrons. The van der Waals surface area contributed by atoms with Crippen molar-refractivity contribution in [3.8, 4) is 11.3 Å². The molecule has 4 nitrogen and oxygen atoms in total. The highest BCUT2D eigenvalue weighted by Crippen LogP contribution is 2.24. The molecule has 1 aromatic carbocycles. The number of hydrogen-bond acceptors (Lipinski definition) is 3. The smallest absolute Gasteiger partial charge is 0.169 e. The van der Waals surface area contributed by atoms with Gasteiger partial charge in [-0.1, -0.05) is 28.1 Å². The van der Waals surface area contributed by atoms with Gasteiger partial charge in [0.2, 0.25) is 0 Å². The van der Waals surface area contributed by atoms with Crippen LogP contribution in [0.15, 0.2) is 34.9 Å². The highest BCUT2D eigenvalue weighted by molar-refractivity contribution is 9.10. The van der Waals surface area contributed by atoms with Gasteiger partial charge in [0, 0.05) is 16.6 Å². The zero-order chi connectivity index (χ0) is 11.7. The Labute approximate surface area is 108 Å². The number of benzene rings is 1. The van der Waals surface area contributed by atoms with Gasteiger partial charge in [-0.05, 0) is 25.0 Å². The summed E-state index contributed by atoms with van der Waals surface area (Å²) in [5, 5.41) is 8.72. The molecule has 1 unspecified atom stereocenters. The van der Waals surface area contributed by atoms with Crippen molar-refractivity contribution >= 4 is 15.9 Å². The number of ether oxygens (including phenoxy) is 1. The summed E-state index contributed by atoms with van der Waals surface area (Å²) in [7, 11) is 0. The number of rotatable bonds is 2. The van der Waals surface area contributed by atoms with Crippen LogP contribution in [-0.2, 0) is 4.74 Å². The van der Waals surface area contributed by atoms with E-state index in [1.807, 2.05) is 24.3 Å². The molecule has 2 aromatic rings. The summed E-state index contributed by atoms with van der Waals surface area (Å²) in [6, 6.07) is 8.04. The molecule has 2 heterocycles. The Balaban J connectivity index is 1.86. The lowest BCUT2D eigenvalue weighted by molar-refractivity contribution is 0.0355. The topological polar surface area (TPSA) is 39.9 Å². The van der Waals surface area contributed by atoms with Crippen LogP contribution in [0.2, 0.25) is 0 Å². The lowest BCUT2D eigenvalue weighted by atomic mass is 10.2. The Kier molecular flexibility index (Phi) is 2.94. The van der Waals surface area contributed by atoms with E-state index in [2.05, 4.69) is 26.1 Å². The van der Waals surface area contributed by atoms with E-state index >= 15 is 0 Å². The lowest BCUT2D eigenvalue weighted by Crippen LogP contribution is -2.10. The average molecular weight is 294 g/mol. The van der Waals surface area contributed by atoms with Gasteiger partial charge in [0.15, 0.2) is 6.23 Å². The number of halogens is 1. The minimum Gasteiger partial charge on any atom is -0.355 e. The second-order valence-electron chi connectivity index (χ2n) is 4.02. The van der Waals surface area contributed by atoms with Crippen LogP contribution in [0.1, 0.15) is 19.1 Å². The summed E-state index contributed by atoms with van der Waals surface area (Å²) < 4.78 is 6.60. The third-order valence-corrected chi connectivity index (χ3v) is 3.34. The molecule has 1 aromatic heterocycles. The van der Waals surface area contributed by atoms with Crippen molar-refractivity contribution in [2.45, 2.75) is 19.1 Å². The summed E-state index contributed by atoms with van der Waals surface area (Å²) in [5.74, 6) is 0. The van der Waals surface area contributed by atoms with Crippen molar-refractivity contribution < 1.29 is 4.74 Å². The average Bonchev–Trinajstić information content (AvgIpc) is 3.00. The number of nitrogens with zero attached hydrogens (tertiary/aromatic N) is 3. The molecule has 88 valence electrons. The number of aromatic nitrogens is 3. The lowest BCUT2D eigenvalue weighted by Gasteiger charge is -2.06. The maximum Gasteiger partial charge on any atom is 0.169 e. The summed E-state index contributed by atoms with van der Waals surface area (Å²) in [6.45, 7) is 0.805. The minimum atomic E-state index is 0.0131. The van der Waals surface area contributed by atoms with Crippen LogP contribution >= 0.6 is 15.9 Å². The maximum absolute atomic E-state index is 5.54. The SMILES string of the molecule is Brc1ccc(-c2cnn(C3CCCO3)n2)cc1. The molecule has 1 fully saturated rings. The van der Waals surface area contributed by atoms with E-state index < -0.39 is 0 Å². The van der Waals surface area contributed by atoms with Gasteiger partial charge in [-0.25, -0.2) is 0 Å². The Hall–Kier alpha value is -1.20. The standard InChI is InChI=1S/C12H12BrN3O/c13-10-5-3-9(4-6-10)11-8-14-16(15-11)12-2-1-7-17-12/h3-6,8,12H,1-2,7H2. The molecule has 1 aliphatic rings. The molecule has 5 heteroatoms. The fourth-order valence-electron chi connectivity index (χ4n) is 1.91. The molecule has 0 bridgehead atoms. The van der Waals surface area contributed by atoms with E-state index in [-0.39, 0.29) is 6.23 Å². The van der Waals surface area contributed by atoms with E-state index in [0.29, 0.717) is 0 Å². The molecule has 0 amide bonds. The Morgan fingerprint density at radius 3 is 2.82 bits per heavy atom. The van der Waals surface area contributed by atoms with E-state index in [9.17, 15) is 0 Å². The van der Waals surface area contributed by atoms with Gasteiger partial charge in [0.1, 0.15) is 5.69 Å². The Morgan fingerprint density at radius 2 is 2.12 bits per heavy atom. The van der Waals surface area contributed by atoms with Crippen molar-refractivity contribution in [2.24, 2.45) is 0 Å². The third kappa shape index (κ3) is 2.25. The predicted octanol–water partition coefficient (Wildman–Crippen LogP) is 3.02. The van der Waals surface area contributed by atoms with Crippen molar-refractivity contribution in [1.29, 1.82) is 0 Å². The zero-order valence-electron chi connectivity index (χ0n) is 9.21. The first-order chi connectivity index (χ1) is 8.33. The van der Waals surface area contributed by atoms with Gasteiger partial charge in [-0.2, -0.15) is 15.0 Å². The van der Waals surface area contributed by atoms with Gasteiger partial charge in [-0.15, -0.1) is 0 Å². The van der Waals surface area contributed by atoms with Crippen LogP contribution in [-0.4, -0.2) is 21.6 Å². The van der Waals surface area contributed by atoms with Crippen molar-refractivity contribution in [3.63, 3.8) is 0 Å². The first-order valence-electron chi connectivity index (χ1n) is 5.62. The van der Waals surface area contributed by atoms with Gasteiger partial charge in [-0.3, -0.25) is 0 Å².